The van der Waals surface area contributed by atoms with E-state index < -0.39 is 9.84 Å². The molecular formula is C14H24N2O3S. The van der Waals surface area contributed by atoms with E-state index in [0.29, 0.717) is 13.2 Å². The zero-order chi connectivity index (χ0) is 14.6. The minimum absolute atomic E-state index is 0.0942. The van der Waals surface area contributed by atoms with Gasteiger partial charge in [0.05, 0.1) is 24.7 Å². The van der Waals surface area contributed by atoms with E-state index in [1.165, 1.54) is 0 Å². The fourth-order valence-electron chi connectivity index (χ4n) is 3.06. The first-order valence-corrected chi connectivity index (χ1v) is 9.02. The molecule has 2 rings (SSSR count). The average molecular weight is 300 g/mol. The van der Waals surface area contributed by atoms with Crippen LogP contribution in [0.2, 0.25) is 0 Å². The number of hydrogen-bond acceptors (Lipinski definition) is 5. The van der Waals surface area contributed by atoms with E-state index >= 15 is 0 Å². The molecule has 114 valence electrons. The van der Waals surface area contributed by atoms with Gasteiger partial charge in [0.1, 0.15) is 0 Å². The highest BCUT2D eigenvalue weighted by atomic mass is 32.2. The summed E-state index contributed by atoms with van der Waals surface area (Å²) in [4.78, 5) is 4.50. The molecule has 0 spiro atoms. The first kappa shape index (κ1) is 15.8. The minimum atomic E-state index is -2.92. The number of ether oxygens (including phenoxy) is 1. The lowest BCUT2D eigenvalue weighted by molar-refractivity contribution is 0.0363. The topological polar surface area (TPSA) is 49.9 Å². The third-order valence-electron chi connectivity index (χ3n) is 4.07. The highest BCUT2D eigenvalue weighted by Gasteiger charge is 2.45. The number of methoxy groups -OCH3 is 1. The predicted molar refractivity (Wildman–Crippen MR) is 79.3 cm³/mol. The molecule has 0 saturated carbocycles. The Bertz CT molecular complexity index is 480. The molecule has 5 nitrogen and oxygen atoms in total. The molecule has 2 aliphatic rings. The first-order chi connectivity index (χ1) is 9.57. The van der Waals surface area contributed by atoms with E-state index in [1.807, 2.05) is 6.92 Å². The summed E-state index contributed by atoms with van der Waals surface area (Å²) in [5, 5.41) is 0. The van der Waals surface area contributed by atoms with Crippen molar-refractivity contribution in [1.82, 2.24) is 9.80 Å². The predicted octanol–water partition coefficient (Wildman–Crippen LogP) is -0.171. The lowest BCUT2D eigenvalue weighted by Gasteiger charge is -2.43. The highest BCUT2D eigenvalue weighted by Crippen LogP contribution is 2.26. The van der Waals surface area contributed by atoms with Crippen molar-refractivity contribution in [3.63, 3.8) is 0 Å². The number of hydrogen-bond donors (Lipinski definition) is 0. The van der Waals surface area contributed by atoms with Crippen LogP contribution in [0.25, 0.3) is 0 Å². The highest BCUT2D eigenvalue weighted by molar-refractivity contribution is 7.91. The van der Waals surface area contributed by atoms with Crippen LogP contribution < -0.4 is 0 Å². The van der Waals surface area contributed by atoms with Crippen LogP contribution >= 0.6 is 0 Å². The van der Waals surface area contributed by atoms with Crippen molar-refractivity contribution >= 4 is 9.84 Å². The summed E-state index contributed by atoms with van der Waals surface area (Å²) < 4.78 is 29.1. The van der Waals surface area contributed by atoms with Crippen molar-refractivity contribution in [2.75, 3.05) is 51.4 Å². The van der Waals surface area contributed by atoms with Gasteiger partial charge in [-0.1, -0.05) is 12.8 Å². The van der Waals surface area contributed by atoms with Gasteiger partial charge in [0.2, 0.25) is 0 Å². The van der Waals surface area contributed by atoms with E-state index in [0.717, 1.165) is 26.1 Å². The molecule has 0 aliphatic carbocycles. The molecule has 0 radical (unpaired) electrons. The lowest BCUT2D eigenvalue weighted by Crippen LogP contribution is -2.59. The normalized spacial score (nSPS) is 29.7. The molecule has 20 heavy (non-hydrogen) atoms. The molecule has 2 aliphatic heterocycles. The fourth-order valence-corrected chi connectivity index (χ4v) is 5.10. The number of sulfone groups is 1. The first-order valence-electron chi connectivity index (χ1n) is 7.20. The summed E-state index contributed by atoms with van der Waals surface area (Å²) in [6, 6.07) is 0.198. The Kier molecular flexibility index (Phi) is 5.44. The van der Waals surface area contributed by atoms with Crippen molar-refractivity contribution < 1.29 is 13.2 Å². The van der Waals surface area contributed by atoms with E-state index in [4.69, 9.17) is 4.74 Å². The SMILES string of the molecule is CCC#CCN1CCN(CCOC)[C@@H]2CS(=O)(=O)C[C@@H]21. The van der Waals surface area contributed by atoms with Gasteiger partial charge in [0.25, 0.3) is 0 Å². The lowest BCUT2D eigenvalue weighted by atomic mass is 10.0. The van der Waals surface area contributed by atoms with Gasteiger partial charge in [0, 0.05) is 45.2 Å². The number of nitrogens with zero attached hydrogens (tertiary/aromatic N) is 2. The maximum atomic E-state index is 12.0. The minimum Gasteiger partial charge on any atom is -0.383 e. The second-order valence-electron chi connectivity index (χ2n) is 5.42. The van der Waals surface area contributed by atoms with E-state index in [1.54, 1.807) is 7.11 Å². The molecule has 2 atom stereocenters. The monoisotopic (exact) mass is 300 g/mol. The summed E-state index contributed by atoms with van der Waals surface area (Å²) in [6.07, 6.45) is 0.847. The Morgan fingerprint density at radius 2 is 1.80 bits per heavy atom. The molecular weight excluding hydrogens is 276 g/mol. The van der Waals surface area contributed by atoms with Gasteiger partial charge in [-0.2, -0.15) is 0 Å². The van der Waals surface area contributed by atoms with Crippen LogP contribution in [-0.2, 0) is 14.6 Å². The Labute approximate surface area is 122 Å². The largest absolute Gasteiger partial charge is 0.383 e. The maximum Gasteiger partial charge on any atom is 0.153 e. The van der Waals surface area contributed by atoms with Crippen LogP contribution in [0.15, 0.2) is 0 Å². The van der Waals surface area contributed by atoms with Gasteiger partial charge in [-0.05, 0) is 0 Å². The molecule has 0 N–H and O–H groups in total. The van der Waals surface area contributed by atoms with Gasteiger partial charge < -0.3 is 4.74 Å². The molecule has 2 fully saturated rings. The summed E-state index contributed by atoms with van der Waals surface area (Å²) >= 11 is 0. The Morgan fingerprint density at radius 1 is 1.15 bits per heavy atom. The second kappa shape index (κ2) is 6.90. The van der Waals surface area contributed by atoms with Gasteiger partial charge >= 0.3 is 0 Å². The Hall–Kier alpha value is -0.610. The van der Waals surface area contributed by atoms with Gasteiger partial charge in [-0.25, -0.2) is 8.42 Å². The van der Waals surface area contributed by atoms with Crippen LogP contribution in [-0.4, -0.2) is 81.7 Å². The standard InChI is InChI=1S/C14H24N2O3S/c1-3-4-5-6-15-7-8-16(9-10-19-2)14-12-20(17,18)11-13(14)15/h13-14H,3,6-12H2,1-2H3/t13-,14+/m0/s1. The Balaban J connectivity index is 2.07. The second-order valence-corrected chi connectivity index (χ2v) is 7.57. The molecule has 0 aromatic rings. The molecule has 0 unspecified atom stereocenters. The van der Waals surface area contributed by atoms with E-state index in [9.17, 15) is 8.42 Å². The van der Waals surface area contributed by atoms with Crippen molar-refractivity contribution in [1.29, 1.82) is 0 Å². The number of piperazine rings is 1. The van der Waals surface area contributed by atoms with Gasteiger partial charge in [-0.15, -0.1) is 5.92 Å². The van der Waals surface area contributed by atoms with Crippen LogP contribution in [0.5, 0.6) is 0 Å². The summed E-state index contributed by atoms with van der Waals surface area (Å²) in [5.41, 5.74) is 0. The smallest absolute Gasteiger partial charge is 0.153 e. The molecule has 0 aromatic carbocycles. The Morgan fingerprint density at radius 3 is 2.45 bits per heavy atom. The van der Waals surface area contributed by atoms with E-state index in [2.05, 4.69) is 21.6 Å². The molecule has 2 heterocycles. The zero-order valence-electron chi connectivity index (χ0n) is 12.3. The van der Waals surface area contributed by atoms with E-state index in [-0.39, 0.29) is 23.6 Å². The summed E-state index contributed by atoms with van der Waals surface area (Å²) in [7, 11) is -1.24. The quantitative estimate of drug-likeness (QED) is 0.675. The zero-order valence-corrected chi connectivity index (χ0v) is 13.2. The molecule has 0 bridgehead atoms. The van der Waals surface area contributed by atoms with Crippen molar-refractivity contribution in [3.05, 3.63) is 0 Å². The van der Waals surface area contributed by atoms with Crippen molar-refractivity contribution in [3.8, 4) is 11.8 Å². The maximum absolute atomic E-state index is 12.0. The summed E-state index contributed by atoms with van der Waals surface area (Å²) in [6.45, 7) is 5.95. The molecule has 0 aromatic heterocycles. The number of fused-ring (bicyclic) bond motifs is 1. The van der Waals surface area contributed by atoms with Crippen molar-refractivity contribution in [2.24, 2.45) is 0 Å². The third kappa shape index (κ3) is 3.73. The van der Waals surface area contributed by atoms with Gasteiger partial charge in [-0.3, -0.25) is 9.80 Å². The summed E-state index contributed by atoms with van der Waals surface area (Å²) in [5.74, 6) is 6.76. The third-order valence-corrected chi connectivity index (χ3v) is 5.77. The van der Waals surface area contributed by atoms with Crippen molar-refractivity contribution in [2.45, 2.75) is 25.4 Å². The molecule has 0 amide bonds. The fraction of sp³-hybridized carbons (Fsp3) is 0.857. The van der Waals surface area contributed by atoms with Crippen LogP contribution in [0.4, 0.5) is 0 Å². The molecule has 2 saturated heterocycles. The average Bonchev–Trinajstić information content (AvgIpc) is 2.73. The van der Waals surface area contributed by atoms with Crippen LogP contribution in [0.1, 0.15) is 13.3 Å². The van der Waals surface area contributed by atoms with Gasteiger partial charge in [0.15, 0.2) is 9.84 Å². The number of rotatable bonds is 4. The van der Waals surface area contributed by atoms with Crippen LogP contribution in [0, 0.1) is 11.8 Å². The van der Waals surface area contributed by atoms with Crippen LogP contribution in [0.3, 0.4) is 0 Å². The molecule has 6 heteroatoms.